The topological polar surface area (TPSA) is 101 Å². The monoisotopic (exact) mass is 295 g/mol. The second-order valence-corrected chi connectivity index (χ2v) is 4.89. The Morgan fingerprint density at radius 2 is 2.10 bits per heavy atom. The van der Waals surface area contributed by atoms with E-state index in [1.165, 1.54) is 6.20 Å². The molecule has 116 valence electrons. The third kappa shape index (κ3) is 5.39. The van der Waals surface area contributed by atoms with Crippen molar-refractivity contribution in [1.29, 1.82) is 0 Å². The largest absolute Gasteiger partial charge is 0.480 e. The Bertz CT molecular complexity index is 474. The van der Waals surface area contributed by atoms with Crippen LogP contribution in [0.1, 0.15) is 24.2 Å². The van der Waals surface area contributed by atoms with Crippen LogP contribution in [0.4, 0.5) is 5.82 Å². The minimum absolute atomic E-state index is 0.0821. The fourth-order valence-electron chi connectivity index (χ4n) is 1.66. The maximum atomic E-state index is 11.7. The fourth-order valence-corrected chi connectivity index (χ4v) is 1.66. The van der Waals surface area contributed by atoms with Gasteiger partial charge in [0.1, 0.15) is 11.9 Å². The molecule has 0 unspecified atom stereocenters. The molecule has 0 bridgehead atoms. The van der Waals surface area contributed by atoms with Gasteiger partial charge in [0.05, 0.1) is 12.2 Å². The fraction of sp³-hybridized carbons (Fsp3) is 0.500. The minimum Gasteiger partial charge on any atom is -0.480 e. The lowest BCUT2D eigenvalue weighted by molar-refractivity contribution is -0.138. The summed E-state index contributed by atoms with van der Waals surface area (Å²) in [7, 11) is 1.56. The zero-order chi connectivity index (χ0) is 15.8. The van der Waals surface area contributed by atoms with Crippen molar-refractivity contribution >= 4 is 17.7 Å². The van der Waals surface area contributed by atoms with Gasteiger partial charge in [-0.15, -0.1) is 0 Å². The molecule has 0 aliphatic heterocycles. The number of carbonyl (C=O) groups is 2. The number of ether oxygens (including phenoxy) is 1. The van der Waals surface area contributed by atoms with Crippen molar-refractivity contribution < 1.29 is 19.4 Å². The summed E-state index contributed by atoms with van der Waals surface area (Å²) < 4.78 is 4.84. The number of hydrogen-bond acceptors (Lipinski definition) is 5. The summed E-state index contributed by atoms with van der Waals surface area (Å²) in [5.41, 5.74) is 0.410. The van der Waals surface area contributed by atoms with Crippen LogP contribution in [-0.4, -0.2) is 48.3 Å². The number of anilines is 1. The summed E-state index contributed by atoms with van der Waals surface area (Å²) in [5.74, 6) is -0.844. The smallest absolute Gasteiger partial charge is 0.326 e. The summed E-state index contributed by atoms with van der Waals surface area (Å²) in [6.45, 7) is 4.48. The van der Waals surface area contributed by atoms with Crippen LogP contribution in [0.3, 0.4) is 0 Å². The van der Waals surface area contributed by atoms with Crippen LogP contribution in [-0.2, 0) is 9.53 Å². The number of carboxylic acids is 1. The van der Waals surface area contributed by atoms with Gasteiger partial charge >= 0.3 is 5.97 Å². The Labute approximate surface area is 123 Å². The lowest BCUT2D eigenvalue weighted by Gasteiger charge is -2.18. The average molecular weight is 295 g/mol. The van der Waals surface area contributed by atoms with Gasteiger partial charge < -0.3 is 20.5 Å². The first-order chi connectivity index (χ1) is 9.95. The van der Waals surface area contributed by atoms with Gasteiger partial charge in [-0.25, -0.2) is 9.78 Å². The molecule has 0 radical (unpaired) electrons. The number of hydrogen-bond donors (Lipinski definition) is 3. The second-order valence-electron chi connectivity index (χ2n) is 4.89. The van der Waals surface area contributed by atoms with Crippen LogP contribution in [0.5, 0.6) is 0 Å². The van der Waals surface area contributed by atoms with E-state index in [2.05, 4.69) is 15.6 Å². The Morgan fingerprint density at radius 3 is 2.57 bits per heavy atom. The van der Waals surface area contributed by atoms with Gasteiger partial charge in [-0.3, -0.25) is 4.79 Å². The molecule has 1 heterocycles. The third-order valence-corrected chi connectivity index (χ3v) is 2.85. The maximum absolute atomic E-state index is 11.7. The quantitative estimate of drug-likeness (QED) is 0.618. The summed E-state index contributed by atoms with van der Waals surface area (Å²) in [6, 6.07) is 2.46. The molecule has 1 atom stereocenters. The Hall–Kier alpha value is -2.15. The van der Waals surface area contributed by atoms with Gasteiger partial charge in [0.2, 0.25) is 0 Å². The van der Waals surface area contributed by atoms with E-state index in [1.54, 1.807) is 19.2 Å². The number of rotatable bonds is 8. The van der Waals surface area contributed by atoms with Gasteiger partial charge in [-0.1, -0.05) is 13.8 Å². The van der Waals surface area contributed by atoms with Crippen molar-refractivity contribution in [3.05, 3.63) is 23.9 Å². The zero-order valence-corrected chi connectivity index (χ0v) is 12.4. The molecular formula is C14H21N3O4. The highest BCUT2D eigenvalue weighted by Gasteiger charge is 2.21. The molecule has 7 nitrogen and oxygen atoms in total. The minimum atomic E-state index is -0.937. The number of aromatic nitrogens is 1. The number of aliphatic carboxylic acids is 1. The lowest BCUT2D eigenvalue weighted by atomic mass is 10.1. The van der Waals surface area contributed by atoms with Crippen molar-refractivity contribution in [2.24, 2.45) is 5.92 Å². The molecule has 7 heteroatoms. The van der Waals surface area contributed by atoms with Gasteiger partial charge in [-0.2, -0.15) is 0 Å². The van der Waals surface area contributed by atoms with Gasteiger partial charge in [0.25, 0.3) is 5.91 Å². The summed E-state index contributed by atoms with van der Waals surface area (Å²) >= 11 is 0. The van der Waals surface area contributed by atoms with E-state index >= 15 is 0 Å². The van der Waals surface area contributed by atoms with Crippen molar-refractivity contribution in [2.75, 3.05) is 25.6 Å². The highest BCUT2D eigenvalue weighted by molar-refractivity contribution is 5.94. The highest BCUT2D eigenvalue weighted by Crippen LogP contribution is 2.11. The molecule has 1 aromatic heterocycles. The van der Waals surface area contributed by atoms with Crippen LogP contribution >= 0.6 is 0 Å². The first-order valence-corrected chi connectivity index (χ1v) is 6.68. The standard InChI is InChI=1S/C14H21N3O4/c1-9(2)12(14(19)20)17-11-5-4-10(8-16-11)13(18)15-6-7-21-3/h4-5,8-9,12H,6-7H2,1-3H3,(H,15,18)(H,16,17)(H,19,20)/t12-/m1/s1. The lowest BCUT2D eigenvalue weighted by Crippen LogP contribution is -2.34. The maximum Gasteiger partial charge on any atom is 0.326 e. The molecular weight excluding hydrogens is 274 g/mol. The Kier molecular flexibility index (Phi) is 6.61. The van der Waals surface area contributed by atoms with E-state index in [0.717, 1.165) is 0 Å². The van der Waals surface area contributed by atoms with E-state index in [9.17, 15) is 9.59 Å². The van der Waals surface area contributed by atoms with Crippen molar-refractivity contribution in [1.82, 2.24) is 10.3 Å². The van der Waals surface area contributed by atoms with Crippen LogP contribution < -0.4 is 10.6 Å². The van der Waals surface area contributed by atoms with Crippen LogP contribution in [0, 0.1) is 5.92 Å². The van der Waals surface area contributed by atoms with Crippen molar-refractivity contribution in [3.63, 3.8) is 0 Å². The van der Waals surface area contributed by atoms with E-state index < -0.39 is 12.0 Å². The van der Waals surface area contributed by atoms with Crippen LogP contribution in [0.25, 0.3) is 0 Å². The molecule has 0 fully saturated rings. The van der Waals surface area contributed by atoms with E-state index in [-0.39, 0.29) is 11.8 Å². The summed E-state index contributed by atoms with van der Waals surface area (Å²) in [5, 5.41) is 14.6. The Balaban J connectivity index is 2.65. The van der Waals surface area contributed by atoms with Crippen molar-refractivity contribution in [3.8, 4) is 0 Å². The number of methoxy groups -OCH3 is 1. The number of pyridine rings is 1. The molecule has 1 aromatic rings. The van der Waals surface area contributed by atoms with E-state index in [4.69, 9.17) is 9.84 Å². The van der Waals surface area contributed by atoms with Gasteiger partial charge in [-0.05, 0) is 18.1 Å². The summed E-state index contributed by atoms with van der Waals surface area (Å²) in [4.78, 5) is 26.9. The molecule has 0 aliphatic carbocycles. The SMILES string of the molecule is COCCNC(=O)c1ccc(N[C@@H](C(=O)O)C(C)C)nc1. The van der Waals surface area contributed by atoms with Crippen LogP contribution in [0.2, 0.25) is 0 Å². The number of carbonyl (C=O) groups excluding carboxylic acids is 1. The molecule has 1 amide bonds. The summed E-state index contributed by atoms with van der Waals surface area (Å²) in [6.07, 6.45) is 1.41. The Morgan fingerprint density at radius 1 is 1.38 bits per heavy atom. The molecule has 0 spiro atoms. The van der Waals surface area contributed by atoms with E-state index in [0.29, 0.717) is 24.5 Å². The average Bonchev–Trinajstić information content (AvgIpc) is 2.44. The third-order valence-electron chi connectivity index (χ3n) is 2.85. The molecule has 0 saturated carbocycles. The van der Waals surface area contributed by atoms with Crippen molar-refractivity contribution in [2.45, 2.75) is 19.9 Å². The molecule has 0 saturated heterocycles. The first-order valence-electron chi connectivity index (χ1n) is 6.68. The predicted octanol–water partition coefficient (Wildman–Crippen LogP) is 0.979. The van der Waals surface area contributed by atoms with Gasteiger partial charge in [0, 0.05) is 19.9 Å². The normalized spacial score (nSPS) is 12.0. The molecule has 0 aromatic carbocycles. The molecule has 3 N–H and O–H groups in total. The zero-order valence-electron chi connectivity index (χ0n) is 12.4. The second kappa shape index (κ2) is 8.21. The molecule has 1 rings (SSSR count). The van der Waals surface area contributed by atoms with E-state index in [1.807, 2.05) is 13.8 Å². The predicted molar refractivity (Wildman–Crippen MR) is 78.3 cm³/mol. The molecule has 0 aliphatic rings. The molecule has 21 heavy (non-hydrogen) atoms. The van der Waals surface area contributed by atoms with Crippen LogP contribution in [0.15, 0.2) is 18.3 Å². The number of carboxylic acid groups (broad SMARTS) is 1. The number of nitrogens with one attached hydrogen (secondary N) is 2. The highest BCUT2D eigenvalue weighted by atomic mass is 16.5. The number of nitrogens with zero attached hydrogens (tertiary/aromatic N) is 1. The first kappa shape index (κ1) is 16.9. The number of amides is 1. The van der Waals surface area contributed by atoms with Gasteiger partial charge in [0.15, 0.2) is 0 Å².